The molecule has 26 N–H and O–H groups in total. The number of carboxylic acid groups (broad SMARTS) is 1. The fraction of sp³-hybridized carbons (Fsp3) is 0.487. The van der Waals surface area contributed by atoms with Crippen molar-refractivity contribution in [1.29, 1.82) is 0 Å². The second-order valence-electron chi connectivity index (χ2n) is 29.4. The summed E-state index contributed by atoms with van der Waals surface area (Å²) in [7, 11) is 0. The second kappa shape index (κ2) is 43.3. The minimum absolute atomic E-state index is 0.0957. The molecular weight excluding hydrogens is 1520 g/mol. The fourth-order valence-electron chi connectivity index (χ4n) is 12.6. The average molecular weight is 1620 g/mol. The molecule has 3 heterocycles. The molecule has 0 bridgehead atoms. The summed E-state index contributed by atoms with van der Waals surface area (Å²) in [4.78, 5) is 242. The van der Waals surface area contributed by atoms with E-state index in [9.17, 15) is 67.7 Å². The van der Waals surface area contributed by atoms with Crippen molar-refractivity contribution in [3.05, 3.63) is 107 Å². The van der Waals surface area contributed by atoms with Crippen molar-refractivity contribution in [3.63, 3.8) is 0 Å². The quantitative estimate of drug-likeness (QED) is 0.0171. The number of amides is 16. The molecule has 12 atom stereocenters. The Morgan fingerprint density at radius 1 is 0.583 bits per heavy atom. The Morgan fingerprint density at radius 2 is 1.13 bits per heavy atom. The largest absolute Gasteiger partial charge is 0.481 e. The summed E-state index contributed by atoms with van der Waals surface area (Å²) in [5, 5.41) is 52.4. The van der Waals surface area contributed by atoms with E-state index in [2.05, 4.69) is 73.8 Å². The molecule has 624 valence electrons. The molecule has 0 radical (unpaired) electrons. The van der Waals surface area contributed by atoms with Gasteiger partial charge in [0.1, 0.15) is 66.0 Å². The molecule has 38 nitrogen and oxygen atoms in total. The Kier molecular flexibility index (Phi) is 34.6. The summed E-state index contributed by atoms with van der Waals surface area (Å²) < 4.78 is 0. The molecule has 1 aliphatic rings. The summed E-state index contributed by atoms with van der Waals surface area (Å²) in [5.41, 5.74) is 28.6. The maximum atomic E-state index is 15.7. The lowest BCUT2D eigenvalue weighted by Gasteiger charge is -2.34. The maximum Gasteiger partial charge on any atom is 0.303 e. The average Bonchev–Trinajstić information content (AvgIpc) is 1.15. The Labute approximate surface area is 666 Å². The van der Waals surface area contributed by atoms with Crippen molar-refractivity contribution in [3.8, 4) is 0 Å². The van der Waals surface area contributed by atoms with E-state index in [0.717, 1.165) is 31.2 Å². The van der Waals surface area contributed by atoms with Crippen LogP contribution in [0.4, 0.5) is 0 Å². The van der Waals surface area contributed by atoms with E-state index in [1.165, 1.54) is 6.92 Å². The number of aliphatic hydroxyl groups is 1. The first-order valence-corrected chi connectivity index (χ1v) is 38.5. The predicted molar refractivity (Wildman–Crippen MR) is 421 cm³/mol. The SMILES string of the molecule is CC(=O)N[C@H]1CCSC[C@@H](C(=O)N[C@@H](Cc2ccc(C(C)(C)C)cc2)C(=O)N[C@@H](Cc2c[nH]c3ccccc23)C(=O)N[C@@](C)(CCCCN)C(=O)N[C@@H](CCC(=O)O)C(=O)N[C@@H](CC(N)=O)C(=O)NCC(N)=O)NC(=O)[C@H](CCC(N)=O)NC(=O)[C@H](Cc2c[nH]c3ccccc23)NC(=O)[C@H]([C@@H](C)O)NC(=O)[C@H](CCC(N)=O)NC1=O. The number of nitrogens with one attached hydrogen (secondary N) is 14. The van der Waals surface area contributed by atoms with E-state index in [1.807, 2.05) is 20.8 Å². The highest BCUT2D eigenvalue weighted by Crippen LogP contribution is 2.26. The van der Waals surface area contributed by atoms with Crippen LogP contribution in [0.2, 0.25) is 0 Å². The number of rotatable bonds is 36. The van der Waals surface area contributed by atoms with Gasteiger partial charge in [-0.1, -0.05) is 81.4 Å². The van der Waals surface area contributed by atoms with Gasteiger partial charge in [0.15, 0.2) is 0 Å². The number of carbonyl (C=O) groups excluding carboxylic acids is 16. The molecule has 0 aliphatic carbocycles. The number of hydrogen-bond donors (Lipinski definition) is 21. The molecule has 0 unspecified atom stereocenters. The number of thioether (sulfide) groups is 1. The van der Waals surface area contributed by atoms with Crippen molar-refractivity contribution >= 4 is 134 Å². The smallest absolute Gasteiger partial charge is 0.303 e. The Bertz CT molecular complexity index is 4370. The molecule has 2 aromatic heterocycles. The number of carboxylic acids is 1. The molecule has 3 aromatic carbocycles. The highest BCUT2D eigenvalue weighted by Gasteiger charge is 2.42. The van der Waals surface area contributed by atoms with E-state index in [4.69, 9.17) is 28.7 Å². The van der Waals surface area contributed by atoms with Crippen molar-refractivity contribution in [2.24, 2.45) is 28.7 Å². The fourth-order valence-corrected chi connectivity index (χ4v) is 13.6. The van der Waals surface area contributed by atoms with Gasteiger partial charge >= 0.3 is 5.97 Å². The number of H-pyrrole nitrogens is 2. The van der Waals surface area contributed by atoms with Crippen molar-refractivity contribution in [1.82, 2.24) is 73.8 Å². The number of fused-ring (bicyclic) bond motifs is 2. The molecule has 1 fully saturated rings. The third-order valence-corrected chi connectivity index (χ3v) is 20.1. The number of aliphatic hydroxyl groups excluding tert-OH is 1. The van der Waals surface area contributed by atoms with Crippen LogP contribution in [0.5, 0.6) is 0 Å². The van der Waals surface area contributed by atoms with Crippen LogP contribution in [0.15, 0.2) is 85.2 Å². The number of para-hydroxylation sites is 2. The summed E-state index contributed by atoms with van der Waals surface area (Å²) in [5.74, 6) is -18.6. The molecule has 0 spiro atoms. The molecule has 1 aliphatic heterocycles. The van der Waals surface area contributed by atoms with E-state index >= 15 is 24.0 Å². The number of unbranched alkanes of at least 4 members (excludes halogenated alkanes) is 1. The molecule has 16 amide bonds. The van der Waals surface area contributed by atoms with Crippen LogP contribution in [0.3, 0.4) is 0 Å². The van der Waals surface area contributed by atoms with E-state index in [0.29, 0.717) is 38.5 Å². The van der Waals surface area contributed by atoms with Crippen LogP contribution >= 0.6 is 11.8 Å². The van der Waals surface area contributed by atoms with Crippen molar-refractivity contribution in [2.45, 2.75) is 209 Å². The molecule has 39 heteroatoms. The maximum absolute atomic E-state index is 15.7. The molecular formula is C76H105N19O19S. The minimum atomic E-state index is -2.08. The lowest BCUT2D eigenvalue weighted by atomic mass is 9.86. The van der Waals surface area contributed by atoms with Gasteiger partial charge in [0.2, 0.25) is 94.5 Å². The van der Waals surface area contributed by atoms with Crippen LogP contribution < -0.4 is 92.5 Å². The highest BCUT2D eigenvalue weighted by atomic mass is 32.2. The number of benzene rings is 3. The minimum Gasteiger partial charge on any atom is -0.481 e. The summed E-state index contributed by atoms with van der Waals surface area (Å²) in [6, 6.07) is 3.63. The first-order chi connectivity index (χ1) is 54.2. The van der Waals surface area contributed by atoms with Crippen LogP contribution in [0.25, 0.3) is 21.8 Å². The van der Waals surface area contributed by atoms with Gasteiger partial charge in [0, 0.05) is 85.4 Å². The third-order valence-electron chi connectivity index (χ3n) is 19.0. The van der Waals surface area contributed by atoms with Crippen LogP contribution in [-0.2, 0) is 106 Å². The number of carbonyl (C=O) groups is 17. The summed E-state index contributed by atoms with van der Waals surface area (Å²) in [6.45, 7) is 8.80. The van der Waals surface area contributed by atoms with Gasteiger partial charge in [-0.25, -0.2) is 0 Å². The van der Waals surface area contributed by atoms with Gasteiger partial charge in [-0.15, -0.1) is 0 Å². The van der Waals surface area contributed by atoms with Crippen molar-refractivity contribution < 1.29 is 91.7 Å². The predicted octanol–water partition coefficient (Wildman–Crippen LogP) is -3.76. The third kappa shape index (κ3) is 28.9. The number of hydrogen-bond acceptors (Lipinski definition) is 20. The Morgan fingerprint density at radius 3 is 1.70 bits per heavy atom. The topological polar surface area (TPSA) is 637 Å². The van der Waals surface area contributed by atoms with E-state index in [-0.39, 0.29) is 62.7 Å². The first-order valence-electron chi connectivity index (χ1n) is 37.4. The van der Waals surface area contributed by atoms with Crippen LogP contribution in [0.1, 0.15) is 134 Å². The molecule has 6 rings (SSSR count). The lowest BCUT2D eigenvalue weighted by Crippen LogP contribution is -2.64. The van der Waals surface area contributed by atoms with Crippen LogP contribution in [-0.4, -0.2) is 217 Å². The Hall–Kier alpha value is -12.0. The number of aromatic amines is 2. The van der Waals surface area contributed by atoms with Gasteiger partial charge in [-0.2, -0.15) is 11.8 Å². The standard InChI is InChI=1S/C76H105N19O19S/c1-39(96)63-73(113)91-54(32-42-35-82-47-15-9-7-13-45(42)47)70(110)87-49(21-24-58(78)98)65(105)92-57(38-115-30-27-52(85-40(2)97)67(107)86-50(68(108)94-63)22-25-59(79)99)71(111)88-53(31-41-17-19-44(20-18-41)75(3,4)5)69(109)89-55(33-43-36-83-48-16-10-8-14-46(43)48)72(112)95-76(6,28-11-12-29-77)74(114)93-51(23-26-62(102)103)66(106)90-56(34-60(80)100)64(104)84-37-61(81)101/h7-10,13-20,35-36,39,49-57,63,82-83,96H,11-12,21-34,37-38,77H2,1-6H3,(H2,78,98)(H2,79,99)(H2,80,100)(H2,81,101)(H,84,104)(H,85,97)(H,86,107)(H,87,110)(H,88,111)(H,89,109)(H,90,106)(H,91,113)(H,92,105)(H,93,114)(H,94,108)(H,95,112)(H,102,103)/t39-,49+,50+,51+,52+,53+,54+,55+,56+,57+,63+,76+/m1/s1. The zero-order valence-corrected chi connectivity index (χ0v) is 65.6. The molecule has 1 saturated heterocycles. The normalized spacial score (nSPS) is 19.2. The second-order valence-corrected chi connectivity index (χ2v) is 30.6. The van der Waals surface area contributed by atoms with Gasteiger partial charge < -0.3 is 113 Å². The lowest BCUT2D eigenvalue weighted by molar-refractivity contribution is -0.140. The number of primary amides is 4. The Balaban J connectivity index is 1.46. The van der Waals surface area contributed by atoms with Crippen LogP contribution in [0, 0.1) is 0 Å². The number of nitrogens with two attached hydrogens (primary N) is 5. The molecule has 0 saturated carbocycles. The monoisotopic (exact) mass is 1620 g/mol. The number of aromatic nitrogens is 2. The zero-order valence-electron chi connectivity index (χ0n) is 64.8. The van der Waals surface area contributed by atoms with E-state index < -0.39 is 230 Å². The van der Waals surface area contributed by atoms with Crippen molar-refractivity contribution in [2.75, 3.05) is 24.6 Å². The van der Waals surface area contributed by atoms with E-state index in [1.54, 1.807) is 85.2 Å². The van der Waals surface area contributed by atoms with Gasteiger partial charge in [-0.05, 0) is 111 Å². The zero-order chi connectivity index (χ0) is 85.0. The molecule has 5 aromatic rings. The molecule has 115 heavy (non-hydrogen) atoms. The van der Waals surface area contributed by atoms with Gasteiger partial charge in [0.25, 0.3) is 0 Å². The first kappa shape index (κ1) is 91.9. The van der Waals surface area contributed by atoms with Gasteiger partial charge in [-0.3, -0.25) is 81.5 Å². The van der Waals surface area contributed by atoms with Gasteiger partial charge in [0.05, 0.1) is 19.1 Å². The number of aliphatic carboxylic acids is 1. The summed E-state index contributed by atoms with van der Waals surface area (Å²) >= 11 is 0.930. The highest BCUT2D eigenvalue weighted by molar-refractivity contribution is 7.99. The summed E-state index contributed by atoms with van der Waals surface area (Å²) in [6.07, 6.45) is -3.94.